The number of carbonyl (C=O) groups excluding carboxylic acids is 1. The molecule has 1 aliphatic heterocycles. The molecule has 0 bridgehead atoms. The number of carbonyl (C=O) groups is 1. The van der Waals surface area contributed by atoms with Gasteiger partial charge in [0.25, 0.3) is 0 Å². The molecule has 0 spiro atoms. The van der Waals surface area contributed by atoms with Gasteiger partial charge in [-0.05, 0) is 32.8 Å². The van der Waals surface area contributed by atoms with Crippen LogP contribution >= 0.6 is 0 Å². The van der Waals surface area contributed by atoms with E-state index in [9.17, 15) is 4.79 Å². The zero-order chi connectivity index (χ0) is 13.9. The van der Waals surface area contributed by atoms with Gasteiger partial charge in [-0.15, -0.1) is 0 Å². The van der Waals surface area contributed by atoms with Crippen LogP contribution in [0.3, 0.4) is 0 Å². The lowest BCUT2D eigenvalue weighted by Crippen LogP contribution is -2.39. The molecule has 0 aliphatic carbocycles. The van der Waals surface area contributed by atoms with E-state index in [-0.39, 0.29) is 12.3 Å². The first-order valence-electron chi connectivity index (χ1n) is 6.61. The number of ether oxygens (including phenoxy) is 2. The Labute approximate surface area is 114 Å². The van der Waals surface area contributed by atoms with E-state index in [2.05, 4.69) is 12.1 Å². The third-order valence-corrected chi connectivity index (χ3v) is 2.78. The number of benzene rings is 1. The third kappa shape index (κ3) is 4.56. The van der Waals surface area contributed by atoms with Crippen molar-refractivity contribution in [1.29, 1.82) is 0 Å². The molecule has 0 N–H and O–H groups in total. The summed E-state index contributed by atoms with van der Waals surface area (Å²) in [6.07, 6.45) is 0.393. The molecule has 4 nitrogen and oxygen atoms in total. The molecule has 19 heavy (non-hydrogen) atoms. The van der Waals surface area contributed by atoms with Gasteiger partial charge in [-0.1, -0.05) is 30.3 Å². The minimum absolute atomic E-state index is 0.112. The Morgan fingerprint density at radius 2 is 2.00 bits per heavy atom. The molecule has 0 unspecified atom stereocenters. The Balaban J connectivity index is 1.91. The zero-order valence-electron chi connectivity index (χ0n) is 11.8. The topological polar surface area (TPSA) is 42.1 Å². The van der Waals surface area contributed by atoms with Crippen LogP contribution in [-0.2, 0) is 15.9 Å². The van der Waals surface area contributed by atoms with Gasteiger partial charge >= 0.3 is 6.09 Å². The predicted molar refractivity (Wildman–Crippen MR) is 72.8 cm³/mol. The van der Waals surface area contributed by atoms with Gasteiger partial charge in [-0.25, -0.2) is 4.79 Å². The van der Waals surface area contributed by atoms with Crippen LogP contribution in [0.2, 0.25) is 0 Å². The van der Waals surface area contributed by atoms with E-state index in [1.54, 1.807) is 4.90 Å². The molecule has 1 aliphatic rings. The van der Waals surface area contributed by atoms with Gasteiger partial charge < -0.3 is 9.47 Å². The van der Waals surface area contributed by atoms with E-state index < -0.39 is 5.60 Å². The maximum atomic E-state index is 12.1. The molecular formula is C15H21NO3. The highest BCUT2D eigenvalue weighted by Gasteiger charge is 2.36. The molecule has 1 amide bonds. The number of amides is 1. The fourth-order valence-electron chi connectivity index (χ4n) is 1.79. The number of rotatable bonds is 4. The molecule has 4 heteroatoms. The summed E-state index contributed by atoms with van der Waals surface area (Å²) >= 11 is 0. The minimum Gasteiger partial charge on any atom is -0.444 e. The van der Waals surface area contributed by atoms with E-state index >= 15 is 0 Å². The van der Waals surface area contributed by atoms with Crippen molar-refractivity contribution in [3.05, 3.63) is 35.9 Å². The molecule has 1 aromatic rings. The van der Waals surface area contributed by atoms with Crippen LogP contribution in [0.1, 0.15) is 26.3 Å². The van der Waals surface area contributed by atoms with Gasteiger partial charge in [0.2, 0.25) is 0 Å². The smallest absolute Gasteiger partial charge is 0.412 e. The molecule has 1 heterocycles. The van der Waals surface area contributed by atoms with Gasteiger partial charge in [0, 0.05) is 6.54 Å². The first-order chi connectivity index (χ1) is 8.96. The second kappa shape index (κ2) is 5.61. The molecule has 1 aromatic carbocycles. The molecule has 0 aromatic heterocycles. The molecule has 1 fully saturated rings. The van der Waals surface area contributed by atoms with Gasteiger partial charge in [0.15, 0.2) is 6.23 Å². The molecule has 2 rings (SSSR count). The predicted octanol–water partition coefficient (Wildman–Crippen LogP) is 2.82. The van der Waals surface area contributed by atoms with E-state index in [1.165, 1.54) is 5.56 Å². The quantitative estimate of drug-likeness (QED) is 0.784. The standard InChI is InChI=1S/C15H21NO3/c1-15(2,3)19-14(17)16(13-11-18-13)10-9-12-7-5-4-6-8-12/h4-8,13H,9-11H2,1-3H3/t13-/m1/s1. The zero-order valence-corrected chi connectivity index (χ0v) is 11.8. The van der Waals surface area contributed by atoms with Crippen molar-refractivity contribution in [2.75, 3.05) is 13.2 Å². The summed E-state index contributed by atoms with van der Waals surface area (Å²) in [7, 11) is 0. The number of nitrogens with zero attached hydrogens (tertiary/aromatic N) is 1. The Bertz CT molecular complexity index is 421. The van der Waals surface area contributed by atoms with Gasteiger partial charge in [-0.3, -0.25) is 4.90 Å². The van der Waals surface area contributed by atoms with E-state index in [1.807, 2.05) is 39.0 Å². The number of hydrogen-bond acceptors (Lipinski definition) is 3. The lowest BCUT2D eigenvalue weighted by Gasteiger charge is -2.26. The normalized spacial score (nSPS) is 17.9. The highest BCUT2D eigenvalue weighted by molar-refractivity contribution is 5.68. The van der Waals surface area contributed by atoms with Gasteiger partial charge in [-0.2, -0.15) is 0 Å². The third-order valence-electron chi connectivity index (χ3n) is 2.78. The lowest BCUT2D eigenvalue weighted by atomic mass is 10.1. The summed E-state index contributed by atoms with van der Waals surface area (Å²) in [4.78, 5) is 13.8. The van der Waals surface area contributed by atoms with Crippen LogP contribution in [0.5, 0.6) is 0 Å². The molecule has 104 valence electrons. The van der Waals surface area contributed by atoms with Crippen molar-refractivity contribution in [3.8, 4) is 0 Å². The van der Waals surface area contributed by atoms with Crippen molar-refractivity contribution < 1.29 is 14.3 Å². The summed E-state index contributed by atoms with van der Waals surface area (Å²) in [5.41, 5.74) is 0.730. The fraction of sp³-hybridized carbons (Fsp3) is 0.533. The second-order valence-electron chi connectivity index (χ2n) is 5.70. The van der Waals surface area contributed by atoms with Crippen molar-refractivity contribution in [2.24, 2.45) is 0 Å². The number of hydrogen-bond donors (Lipinski definition) is 0. The SMILES string of the molecule is CC(C)(C)OC(=O)N(CCc1ccccc1)[C@H]1CO1. The first-order valence-corrected chi connectivity index (χ1v) is 6.61. The first kappa shape index (κ1) is 13.9. The van der Waals surface area contributed by atoms with E-state index in [0.29, 0.717) is 13.2 Å². The highest BCUT2D eigenvalue weighted by Crippen LogP contribution is 2.20. The van der Waals surface area contributed by atoms with E-state index in [0.717, 1.165) is 6.42 Å². The Hall–Kier alpha value is -1.55. The maximum Gasteiger partial charge on any atom is 0.412 e. The molecule has 0 radical (unpaired) electrons. The Kier molecular flexibility index (Phi) is 4.10. The molecule has 1 saturated heterocycles. The lowest BCUT2D eigenvalue weighted by molar-refractivity contribution is 0.0161. The second-order valence-corrected chi connectivity index (χ2v) is 5.70. The van der Waals surface area contributed by atoms with Crippen LogP contribution in [0, 0.1) is 0 Å². The highest BCUT2D eigenvalue weighted by atomic mass is 16.6. The molecule has 1 atom stereocenters. The summed E-state index contributed by atoms with van der Waals surface area (Å²) in [6.45, 7) is 6.83. The van der Waals surface area contributed by atoms with Gasteiger partial charge in [0.05, 0.1) is 6.61 Å². The van der Waals surface area contributed by atoms with Crippen molar-refractivity contribution in [1.82, 2.24) is 4.90 Å². The van der Waals surface area contributed by atoms with Crippen molar-refractivity contribution >= 4 is 6.09 Å². The molecule has 0 saturated carbocycles. The van der Waals surface area contributed by atoms with Crippen LogP contribution in [0.4, 0.5) is 4.79 Å². The van der Waals surface area contributed by atoms with Crippen LogP contribution < -0.4 is 0 Å². The van der Waals surface area contributed by atoms with Crippen LogP contribution in [0.25, 0.3) is 0 Å². The van der Waals surface area contributed by atoms with Crippen LogP contribution in [0.15, 0.2) is 30.3 Å². The summed E-state index contributed by atoms with van der Waals surface area (Å²) in [5.74, 6) is 0. The monoisotopic (exact) mass is 263 g/mol. The number of epoxide rings is 1. The van der Waals surface area contributed by atoms with Crippen molar-refractivity contribution in [3.63, 3.8) is 0 Å². The maximum absolute atomic E-state index is 12.1. The summed E-state index contributed by atoms with van der Waals surface area (Å²) < 4.78 is 10.6. The largest absolute Gasteiger partial charge is 0.444 e. The van der Waals surface area contributed by atoms with E-state index in [4.69, 9.17) is 9.47 Å². The Morgan fingerprint density at radius 3 is 2.53 bits per heavy atom. The Morgan fingerprint density at radius 1 is 1.37 bits per heavy atom. The molecular weight excluding hydrogens is 242 g/mol. The van der Waals surface area contributed by atoms with Crippen molar-refractivity contribution in [2.45, 2.75) is 39.0 Å². The summed E-state index contributed by atoms with van der Waals surface area (Å²) in [5, 5.41) is 0. The average Bonchev–Trinajstić information content (AvgIpc) is 3.13. The summed E-state index contributed by atoms with van der Waals surface area (Å²) in [6, 6.07) is 10.1. The average molecular weight is 263 g/mol. The minimum atomic E-state index is -0.475. The van der Waals surface area contributed by atoms with Crippen LogP contribution in [-0.4, -0.2) is 36.0 Å². The van der Waals surface area contributed by atoms with Gasteiger partial charge in [0.1, 0.15) is 5.60 Å². The fourth-order valence-corrected chi connectivity index (χ4v) is 1.79.